The summed E-state index contributed by atoms with van der Waals surface area (Å²) in [5.74, 6) is 2.64. The van der Waals surface area contributed by atoms with Crippen molar-refractivity contribution in [2.75, 3.05) is 34.0 Å². The number of ether oxygens (including phenoxy) is 3. The fraction of sp³-hybridized carbons (Fsp3) is 0.259. The number of allylic oxidation sites excluding steroid dienone is 1. The fourth-order valence-electron chi connectivity index (χ4n) is 3.82. The summed E-state index contributed by atoms with van der Waals surface area (Å²) in [4.78, 5) is 2.10. The first-order valence-corrected chi connectivity index (χ1v) is 10.9. The molecule has 1 N–H and O–H groups in total. The van der Waals surface area contributed by atoms with Gasteiger partial charge in [-0.1, -0.05) is 37.3 Å². The molecule has 5 nitrogen and oxygen atoms in total. The van der Waals surface area contributed by atoms with Crippen LogP contribution in [0.25, 0.3) is 11.1 Å². The predicted molar refractivity (Wildman–Crippen MR) is 127 cm³/mol. The van der Waals surface area contributed by atoms with E-state index in [1.165, 1.54) is 5.57 Å². The van der Waals surface area contributed by atoms with Crippen molar-refractivity contribution in [3.05, 3.63) is 83.4 Å². The SMILES string of the molecule is CC/C(=C(/c1ccc(O)cc1)c1ccc(OCCN(C)C)cc1)c1ccc2c(c1)OCO2. The van der Waals surface area contributed by atoms with E-state index in [4.69, 9.17) is 14.2 Å². The Morgan fingerprint density at radius 3 is 2.16 bits per heavy atom. The number of fused-ring (bicyclic) bond motifs is 1. The molecule has 0 amide bonds. The number of phenols is 1. The average molecular weight is 432 g/mol. The van der Waals surface area contributed by atoms with E-state index in [0.717, 1.165) is 52.5 Å². The second-order valence-corrected chi connectivity index (χ2v) is 8.00. The van der Waals surface area contributed by atoms with Crippen molar-refractivity contribution in [2.24, 2.45) is 0 Å². The van der Waals surface area contributed by atoms with Crippen LogP contribution in [0.2, 0.25) is 0 Å². The molecule has 0 aliphatic carbocycles. The lowest BCUT2D eigenvalue weighted by Gasteiger charge is -2.17. The zero-order valence-corrected chi connectivity index (χ0v) is 18.8. The average Bonchev–Trinajstić information content (AvgIpc) is 3.26. The number of hydrogen-bond donors (Lipinski definition) is 1. The number of likely N-dealkylation sites (N-methyl/N-ethyl adjacent to an activating group) is 1. The number of aromatic hydroxyl groups is 1. The molecule has 0 atom stereocenters. The van der Waals surface area contributed by atoms with Gasteiger partial charge in [0.15, 0.2) is 11.5 Å². The number of hydrogen-bond acceptors (Lipinski definition) is 5. The summed E-state index contributed by atoms with van der Waals surface area (Å²) >= 11 is 0. The third-order valence-corrected chi connectivity index (χ3v) is 5.48. The Labute approximate surface area is 189 Å². The summed E-state index contributed by atoms with van der Waals surface area (Å²) in [5, 5.41) is 9.82. The van der Waals surface area contributed by atoms with Crippen molar-refractivity contribution in [3.8, 4) is 23.0 Å². The molecule has 3 aromatic carbocycles. The zero-order valence-electron chi connectivity index (χ0n) is 18.8. The van der Waals surface area contributed by atoms with Crippen LogP contribution in [-0.4, -0.2) is 44.0 Å². The molecule has 32 heavy (non-hydrogen) atoms. The predicted octanol–water partition coefficient (Wildman–Crippen LogP) is 5.43. The minimum Gasteiger partial charge on any atom is -0.508 e. The molecule has 0 unspecified atom stereocenters. The molecule has 3 aromatic rings. The first-order chi connectivity index (χ1) is 15.5. The van der Waals surface area contributed by atoms with E-state index in [1.807, 2.05) is 50.5 Å². The van der Waals surface area contributed by atoms with Gasteiger partial charge in [-0.2, -0.15) is 0 Å². The fourth-order valence-corrected chi connectivity index (χ4v) is 3.82. The van der Waals surface area contributed by atoms with Crippen LogP contribution in [0.3, 0.4) is 0 Å². The van der Waals surface area contributed by atoms with E-state index in [2.05, 4.69) is 30.0 Å². The summed E-state index contributed by atoms with van der Waals surface area (Å²) in [6, 6.07) is 21.6. The molecule has 0 radical (unpaired) electrons. The van der Waals surface area contributed by atoms with Gasteiger partial charge in [-0.05, 0) is 84.8 Å². The smallest absolute Gasteiger partial charge is 0.231 e. The van der Waals surface area contributed by atoms with Crippen molar-refractivity contribution in [3.63, 3.8) is 0 Å². The molecule has 4 rings (SSSR count). The number of benzene rings is 3. The lowest BCUT2D eigenvalue weighted by Crippen LogP contribution is -2.19. The van der Waals surface area contributed by atoms with Gasteiger partial charge in [-0.15, -0.1) is 0 Å². The van der Waals surface area contributed by atoms with Crippen LogP contribution in [0.15, 0.2) is 66.7 Å². The van der Waals surface area contributed by atoms with Crippen LogP contribution in [0.5, 0.6) is 23.0 Å². The van der Waals surface area contributed by atoms with E-state index in [9.17, 15) is 5.11 Å². The normalized spacial score (nSPS) is 13.2. The second-order valence-electron chi connectivity index (χ2n) is 8.00. The van der Waals surface area contributed by atoms with Gasteiger partial charge < -0.3 is 24.2 Å². The number of nitrogens with zero attached hydrogens (tertiary/aromatic N) is 1. The summed E-state index contributed by atoms with van der Waals surface area (Å²) in [7, 11) is 4.06. The topological polar surface area (TPSA) is 51.2 Å². The van der Waals surface area contributed by atoms with Gasteiger partial charge in [-0.3, -0.25) is 0 Å². The molecule has 0 saturated carbocycles. The van der Waals surface area contributed by atoms with Crippen LogP contribution in [-0.2, 0) is 0 Å². The van der Waals surface area contributed by atoms with Gasteiger partial charge in [-0.25, -0.2) is 0 Å². The van der Waals surface area contributed by atoms with Crippen molar-refractivity contribution in [2.45, 2.75) is 13.3 Å². The maximum absolute atomic E-state index is 9.82. The van der Waals surface area contributed by atoms with Crippen molar-refractivity contribution >= 4 is 11.1 Å². The van der Waals surface area contributed by atoms with Gasteiger partial charge in [0, 0.05) is 6.54 Å². The highest BCUT2D eigenvalue weighted by Crippen LogP contribution is 2.40. The van der Waals surface area contributed by atoms with Gasteiger partial charge in [0.1, 0.15) is 18.1 Å². The molecule has 0 fully saturated rings. The van der Waals surface area contributed by atoms with Crippen molar-refractivity contribution < 1.29 is 19.3 Å². The molecule has 5 heteroatoms. The molecule has 1 heterocycles. The Balaban J connectivity index is 1.75. The number of phenolic OH excluding ortho intramolecular Hbond substituents is 1. The standard InChI is InChI=1S/C27H29NO4/c1-4-24(21-9-14-25-26(17-21)32-18-31-25)27(19-5-10-22(29)11-6-19)20-7-12-23(13-8-20)30-16-15-28(2)3/h5-14,17,29H,4,15-16,18H2,1-3H3/b27-24+. The molecular formula is C27H29NO4. The maximum Gasteiger partial charge on any atom is 0.231 e. The minimum atomic E-state index is 0.249. The van der Waals surface area contributed by atoms with Crippen LogP contribution in [0.1, 0.15) is 30.0 Å². The Kier molecular flexibility index (Phi) is 6.66. The molecule has 0 bridgehead atoms. The molecule has 1 aliphatic rings. The molecular weight excluding hydrogens is 402 g/mol. The highest BCUT2D eigenvalue weighted by molar-refractivity contribution is 5.99. The Morgan fingerprint density at radius 1 is 0.875 bits per heavy atom. The zero-order chi connectivity index (χ0) is 22.5. The molecule has 0 spiro atoms. The summed E-state index contributed by atoms with van der Waals surface area (Å²) in [6.45, 7) is 3.91. The first-order valence-electron chi connectivity index (χ1n) is 10.9. The minimum absolute atomic E-state index is 0.249. The highest BCUT2D eigenvalue weighted by Gasteiger charge is 2.18. The van der Waals surface area contributed by atoms with E-state index in [0.29, 0.717) is 6.61 Å². The van der Waals surface area contributed by atoms with Crippen LogP contribution in [0, 0.1) is 0 Å². The monoisotopic (exact) mass is 431 g/mol. The van der Waals surface area contributed by atoms with Crippen LogP contribution in [0.4, 0.5) is 0 Å². The van der Waals surface area contributed by atoms with E-state index < -0.39 is 0 Å². The third kappa shape index (κ3) is 4.89. The lowest BCUT2D eigenvalue weighted by molar-refractivity contribution is 0.174. The summed E-state index contributed by atoms with van der Waals surface area (Å²) in [6.07, 6.45) is 0.830. The van der Waals surface area contributed by atoms with E-state index >= 15 is 0 Å². The highest BCUT2D eigenvalue weighted by atomic mass is 16.7. The van der Waals surface area contributed by atoms with E-state index in [1.54, 1.807) is 12.1 Å². The van der Waals surface area contributed by atoms with Gasteiger partial charge in [0.2, 0.25) is 6.79 Å². The van der Waals surface area contributed by atoms with Gasteiger partial charge in [0.25, 0.3) is 0 Å². The van der Waals surface area contributed by atoms with Crippen LogP contribution >= 0.6 is 0 Å². The number of rotatable bonds is 8. The summed E-state index contributed by atoms with van der Waals surface area (Å²) in [5.41, 5.74) is 5.52. The Hall–Kier alpha value is -3.44. The van der Waals surface area contributed by atoms with Gasteiger partial charge in [0.05, 0.1) is 0 Å². The first kappa shape index (κ1) is 21.8. The van der Waals surface area contributed by atoms with E-state index in [-0.39, 0.29) is 12.5 Å². The van der Waals surface area contributed by atoms with Crippen LogP contribution < -0.4 is 14.2 Å². The maximum atomic E-state index is 9.82. The molecule has 0 saturated heterocycles. The van der Waals surface area contributed by atoms with Crippen molar-refractivity contribution in [1.82, 2.24) is 4.90 Å². The molecule has 166 valence electrons. The Morgan fingerprint density at radius 2 is 1.50 bits per heavy atom. The van der Waals surface area contributed by atoms with Gasteiger partial charge >= 0.3 is 0 Å². The Bertz CT molecular complexity index is 1090. The molecule has 1 aliphatic heterocycles. The lowest BCUT2D eigenvalue weighted by atomic mass is 9.88. The van der Waals surface area contributed by atoms with Crippen molar-refractivity contribution in [1.29, 1.82) is 0 Å². The third-order valence-electron chi connectivity index (χ3n) is 5.48. The molecule has 0 aromatic heterocycles. The second kappa shape index (κ2) is 9.79. The quantitative estimate of drug-likeness (QED) is 0.482. The largest absolute Gasteiger partial charge is 0.508 e. The summed E-state index contributed by atoms with van der Waals surface area (Å²) < 4.78 is 17.0.